The van der Waals surface area contributed by atoms with E-state index in [4.69, 9.17) is 4.74 Å². The molecule has 0 saturated heterocycles. The van der Waals surface area contributed by atoms with E-state index >= 15 is 0 Å². The second kappa shape index (κ2) is 7.71. The Labute approximate surface area is 172 Å². The largest absolute Gasteiger partial charge is 0.494 e. The van der Waals surface area contributed by atoms with Gasteiger partial charge < -0.3 is 9.64 Å². The van der Waals surface area contributed by atoms with Crippen LogP contribution in [0.3, 0.4) is 0 Å². The van der Waals surface area contributed by atoms with E-state index in [1.54, 1.807) is 42.5 Å². The Hall–Kier alpha value is -2.54. The maximum Gasteiger partial charge on any atom is 0.264 e. The maximum atomic E-state index is 13.3. The summed E-state index contributed by atoms with van der Waals surface area (Å²) in [7, 11) is -3.70. The first-order chi connectivity index (χ1) is 14.0. The van der Waals surface area contributed by atoms with Crippen LogP contribution in [0.4, 0.5) is 11.4 Å². The van der Waals surface area contributed by atoms with Crippen LogP contribution in [0.1, 0.15) is 32.3 Å². The summed E-state index contributed by atoms with van der Waals surface area (Å²) in [6, 6.07) is 12.2. The predicted molar refractivity (Wildman–Crippen MR) is 113 cm³/mol. The highest BCUT2D eigenvalue weighted by Gasteiger charge is 2.37. The number of hydrogen-bond donors (Lipinski definition) is 0. The molecule has 2 aliphatic rings. The molecule has 29 heavy (non-hydrogen) atoms. The molecule has 1 amide bonds. The number of amides is 1. The highest BCUT2D eigenvalue weighted by molar-refractivity contribution is 7.92. The van der Waals surface area contributed by atoms with Gasteiger partial charge in [-0.15, -0.1) is 0 Å². The fraction of sp³-hybridized carbons (Fsp3) is 0.409. The summed E-state index contributed by atoms with van der Waals surface area (Å²) in [5, 5.41) is 0. The van der Waals surface area contributed by atoms with E-state index in [0.717, 1.165) is 24.1 Å². The molecule has 1 saturated carbocycles. The van der Waals surface area contributed by atoms with Crippen molar-refractivity contribution in [1.29, 1.82) is 0 Å². The van der Waals surface area contributed by atoms with E-state index < -0.39 is 10.0 Å². The van der Waals surface area contributed by atoms with Gasteiger partial charge in [0.25, 0.3) is 10.0 Å². The number of rotatable bonds is 7. The molecule has 0 atom stereocenters. The molecule has 2 aromatic carbocycles. The van der Waals surface area contributed by atoms with Gasteiger partial charge in [-0.05, 0) is 81.1 Å². The average Bonchev–Trinajstić information content (AvgIpc) is 3.48. The summed E-state index contributed by atoms with van der Waals surface area (Å²) in [5.74, 6) is 1.03. The first-order valence-corrected chi connectivity index (χ1v) is 11.6. The van der Waals surface area contributed by atoms with Crippen LogP contribution in [0.5, 0.6) is 5.75 Å². The third-order valence-electron chi connectivity index (χ3n) is 5.45. The lowest BCUT2D eigenvalue weighted by Crippen LogP contribution is -2.31. The number of fused-ring (bicyclic) bond motifs is 1. The molecule has 0 spiro atoms. The van der Waals surface area contributed by atoms with Crippen LogP contribution >= 0.6 is 0 Å². The summed E-state index contributed by atoms with van der Waals surface area (Å²) in [6.45, 7) is 5.23. The van der Waals surface area contributed by atoms with E-state index in [9.17, 15) is 13.2 Å². The van der Waals surface area contributed by atoms with Crippen LogP contribution in [0, 0.1) is 5.92 Å². The lowest BCUT2D eigenvalue weighted by Gasteiger charge is -2.24. The SMILES string of the molecule is CCOc1ccc(N(CC)S(=O)(=O)c2ccc3c(c2)CCN3C(=O)C2CC2)cc1. The number of anilines is 2. The van der Waals surface area contributed by atoms with E-state index in [2.05, 4.69) is 0 Å². The van der Waals surface area contributed by atoms with Gasteiger partial charge in [0.15, 0.2) is 0 Å². The molecule has 7 heteroatoms. The molecule has 0 radical (unpaired) electrons. The van der Waals surface area contributed by atoms with E-state index in [-0.39, 0.29) is 16.7 Å². The molecule has 1 fully saturated rings. The van der Waals surface area contributed by atoms with Crippen LogP contribution < -0.4 is 13.9 Å². The molecule has 4 rings (SSSR count). The van der Waals surface area contributed by atoms with Crippen molar-refractivity contribution < 1.29 is 17.9 Å². The fourth-order valence-electron chi connectivity index (χ4n) is 3.81. The molecule has 0 unspecified atom stereocenters. The monoisotopic (exact) mass is 414 g/mol. The van der Waals surface area contributed by atoms with Gasteiger partial charge >= 0.3 is 0 Å². The molecule has 1 aliphatic heterocycles. The minimum absolute atomic E-state index is 0.152. The number of benzene rings is 2. The van der Waals surface area contributed by atoms with Crippen LogP contribution in [-0.2, 0) is 21.2 Å². The molecule has 154 valence electrons. The van der Waals surface area contributed by atoms with Gasteiger partial charge in [0.1, 0.15) is 5.75 Å². The van der Waals surface area contributed by atoms with Gasteiger partial charge in [0, 0.05) is 24.7 Å². The Morgan fingerprint density at radius 1 is 1.14 bits per heavy atom. The number of carbonyl (C=O) groups excluding carboxylic acids is 1. The van der Waals surface area contributed by atoms with Gasteiger partial charge in [-0.3, -0.25) is 9.10 Å². The zero-order valence-electron chi connectivity index (χ0n) is 16.8. The van der Waals surface area contributed by atoms with Crippen LogP contribution in [-0.4, -0.2) is 34.0 Å². The molecule has 0 bridgehead atoms. The Balaban J connectivity index is 1.61. The Morgan fingerprint density at radius 2 is 1.86 bits per heavy atom. The molecule has 0 N–H and O–H groups in total. The van der Waals surface area contributed by atoms with Crippen molar-refractivity contribution in [2.24, 2.45) is 5.92 Å². The lowest BCUT2D eigenvalue weighted by atomic mass is 10.2. The average molecular weight is 415 g/mol. The number of ether oxygens (including phenoxy) is 1. The van der Waals surface area contributed by atoms with Crippen LogP contribution in [0.15, 0.2) is 47.4 Å². The van der Waals surface area contributed by atoms with Crippen molar-refractivity contribution in [3.63, 3.8) is 0 Å². The van der Waals surface area contributed by atoms with Gasteiger partial charge in [-0.25, -0.2) is 8.42 Å². The lowest BCUT2D eigenvalue weighted by molar-refractivity contribution is -0.119. The molecule has 6 nitrogen and oxygen atoms in total. The second-order valence-corrected chi connectivity index (χ2v) is 9.26. The third kappa shape index (κ3) is 3.71. The minimum Gasteiger partial charge on any atom is -0.494 e. The van der Waals surface area contributed by atoms with Crippen molar-refractivity contribution in [1.82, 2.24) is 0 Å². The van der Waals surface area contributed by atoms with Gasteiger partial charge in [-0.1, -0.05) is 0 Å². The first-order valence-electron chi connectivity index (χ1n) is 10.2. The molecular weight excluding hydrogens is 388 g/mol. The predicted octanol–water partition coefficient (Wildman–Crippen LogP) is 3.60. The number of sulfonamides is 1. The number of nitrogens with zero attached hydrogens (tertiary/aromatic N) is 2. The van der Waals surface area contributed by atoms with Gasteiger partial charge in [0.2, 0.25) is 5.91 Å². The molecule has 1 heterocycles. The van der Waals surface area contributed by atoms with Crippen molar-refractivity contribution in [2.75, 3.05) is 28.9 Å². The Bertz CT molecular complexity index is 1010. The third-order valence-corrected chi connectivity index (χ3v) is 7.35. The minimum atomic E-state index is -3.70. The van der Waals surface area contributed by atoms with Gasteiger partial charge in [0.05, 0.1) is 17.2 Å². The quantitative estimate of drug-likeness (QED) is 0.694. The topological polar surface area (TPSA) is 66.9 Å². The zero-order chi connectivity index (χ0) is 20.6. The van der Waals surface area contributed by atoms with Crippen molar-refractivity contribution in [2.45, 2.75) is 38.0 Å². The summed E-state index contributed by atoms with van der Waals surface area (Å²) in [6.07, 6.45) is 2.61. The Kier molecular flexibility index (Phi) is 5.25. The zero-order valence-corrected chi connectivity index (χ0v) is 17.6. The fourth-order valence-corrected chi connectivity index (χ4v) is 5.34. The highest BCUT2D eigenvalue weighted by Crippen LogP contribution is 2.37. The number of carbonyl (C=O) groups is 1. The standard InChI is InChI=1S/C22H26N2O4S/c1-3-24(18-7-9-19(10-8-18)28-4-2)29(26,27)20-11-12-21-17(15-20)13-14-23(21)22(25)16-5-6-16/h7-12,15-16H,3-6,13-14H2,1-2H3. The van der Waals surface area contributed by atoms with E-state index in [0.29, 0.717) is 37.6 Å². The first kappa shape index (κ1) is 19.8. The van der Waals surface area contributed by atoms with Crippen molar-refractivity contribution in [3.8, 4) is 5.75 Å². The summed E-state index contributed by atoms with van der Waals surface area (Å²) in [4.78, 5) is 14.5. The molecule has 0 aromatic heterocycles. The second-order valence-electron chi connectivity index (χ2n) is 7.40. The molecule has 1 aliphatic carbocycles. The Morgan fingerprint density at radius 3 is 2.48 bits per heavy atom. The summed E-state index contributed by atoms with van der Waals surface area (Å²) >= 11 is 0. The van der Waals surface area contributed by atoms with Crippen molar-refractivity contribution >= 4 is 27.3 Å². The van der Waals surface area contributed by atoms with Crippen LogP contribution in [0.25, 0.3) is 0 Å². The van der Waals surface area contributed by atoms with Gasteiger partial charge in [-0.2, -0.15) is 0 Å². The maximum absolute atomic E-state index is 13.3. The van der Waals surface area contributed by atoms with E-state index in [1.165, 1.54) is 4.31 Å². The smallest absolute Gasteiger partial charge is 0.264 e. The normalized spacial score (nSPS) is 15.9. The summed E-state index contributed by atoms with van der Waals surface area (Å²) in [5.41, 5.74) is 2.37. The number of hydrogen-bond acceptors (Lipinski definition) is 4. The van der Waals surface area contributed by atoms with E-state index in [1.807, 2.05) is 18.7 Å². The summed E-state index contributed by atoms with van der Waals surface area (Å²) < 4.78 is 33.5. The highest BCUT2D eigenvalue weighted by atomic mass is 32.2. The van der Waals surface area contributed by atoms with Crippen molar-refractivity contribution in [3.05, 3.63) is 48.0 Å². The molecule has 2 aromatic rings. The van der Waals surface area contributed by atoms with Crippen LogP contribution in [0.2, 0.25) is 0 Å². The molecular formula is C22H26N2O4S.